The van der Waals surface area contributed by atoms with Gasteiger partial charge in [0.15, 0.2) is 0 Å². The molecule has 3 rings (SSSR count). The molecule has 0 bridgehead atoms. The molecule has 1 fully saturated rings. The fourth-order valence-electron chi connectivity index (χ4n) is 3.82. The first-order valence-electron chi connectivity index (χ1n) is 9.36. The Labute approximate surface area is 168 Å². The van der Waals surface area contributed by atoms with E-state index >= 15 is 0 Å². The van der Waals surface area contributed by atoms with Crippen molar-refractivity contribution in [1.29, 1.82) is 0 Å². The number of benzene rings is 2. The molecular weight excluding hydrogens is 377 g/mol. The summed E-state index contributed by atoms with van der Waals surface area (Å²) in [7, 11) is 1.47. The molecule has 0 aromatic heterocycles. The number of rotatable bonds is 5. The molecule has 29 heavy (non-hydrogen) atoms. The number of aryl methyl sites for hydroxylation is 1. The van der Waals surface area contributed by atoms with Gasteiger partial charge in [-0.2, -0.15) is 0 Å². The second-order valence-electron chi connectivity index (χ2n) is 7.50. The number of aliphatic hydroxyl groups excluding tert-OH is 1. The van der Waals surface area contributed by atoms with Gasteiger partial charge in [-0.1, -0.05) is 18.2 Å². The molecule has 2 aromatic carbocycles. The van der Waals surface area contributed by atoms with Gasteiger partial charge in [0.2, 0.25) is 0 Å². The maximum absolute atomic E-state index is 13.2. The number of amides is 1. The molecule has 0 saturated carbocycles. The van der Waals surface area contributed by atoms with E-state index in [0.29, 0.717) is 16.9 Å². The van der Waals surface area contributed by atoms with Crippen molar-refractivity contribution in [3.8, 4) is 5.75 Å². The Kier molecular flexibility index (Phi) is 5.88. The molecule has 1 amide bonds. The van der Waals surface area contributed by atoms with Gasteiger partial charge in [0.1, 0.15) is 17.0 Å². The van der Waals surface area contributed by atoms with Crippen LogP contribution in [0.3, 0.4) is 0 Å². The molecule has 0 unspecified atom stereocenters. The Morgan fingerprint density at radius 2 is 1.93 bits per heavy atom. The Hall–Kier alpha value is -2.93. The molecule has 2 N–H and O–H groups in total. The molecule has 154 valence electrons. The quantitative estimate of drug-likeness (QED) is 0.804. The second kappa shape index (κ2) is 8.21. The summed E-state index contributed by atoms with van der Waals surface area (Å²) >= 11 is 0. The summed E-state index contributed by atoms with van der Waals surface area (Å²) in [5, 5.41) is 20.6. The lowest BCUT2D eigenvalue weighted by atomic mass is 9.72. The summed E-state index contributed by atoms with van der Waals surface area (Å²) < 4.78 is 18.5. The number of carbonyl (C=O) groups excluding carboxylic acids is 1. The molecule has 2 aromatic rings. The third-order valence-corrected chi connectivity index (χ3v) is 5.52. The Morgan fingerprint density at radius 3 is 2.55 bits per heavy atom. The minimum atomic E-state index is -1.58. The Balaban J connectivity index is 1.92. The van der Waals surface area contributed by atoms with Crippen molar-refractivity contribution in [2.75, 3.05) is 20.2 Å². The number of aliphatic carboxylic acids is 1. The van der Waals surface area contributed by atoms with Crippen LogP contribution in [0.15, 0.2) is 42.5 Å². The van der Waals surface area contributed by atoms with Crippen molar-refractivity contribution < 1.29 is 28.9 Å². The minimum absolute atomic E-state index is 0.0153. The number of nitrogens with zero attached hydrogens (tertiary/aromatic N) is 1. The van der Waals surface area contributed by atoms with E-state index in [1.807, 2.05) is 6.92 Å². The predicted molar refractivity (Wildman–Crippen MR) is 104 cm³/mol. The number of methoxy groups -OCH3 is 1. The van der Waals surface area contributed by atoms with Gasteiger partial charge in [-0.25, -0.2) is 4.39 Å². The highest BCUT2D eigenvalue weighted by molar-refractivity contribution is 5.97. The van der Waals surface area contributed by atoms with E-state index < -0.39 is 23.3 Å². The van der Waals surface area contributed by atoms with Gasteiger partial charge >= 0.3 is 5.97 Å². The topological polar surface area (TPSA) is 87.1 Å². The lowest BCUT2D eigenvalue weighted by Gasteiger charge is -2.43. The van der Waals surface area contributed by atoms with Gasteiger partial charge in [-0.15, -0.1) is 0 Å². The first-order chi connectivity index (χ1) is 13.8. The van der Waals surface area contributed by atoms with Gasteiger partial charge < -0.3 is 19.8 Å². The maximum atomic E-state index is 13.2. The van der Waals surface area contributed by atoms with Crippen LogP contribution in [-0.4, -0.2) is 53.3 Å². The zero-order valence-electron chi connectivity index (χ0n) is 16.4. The molecule has 1 aliphatic rings. The number of hydrogen-bond acceptors (Lipinski definition) is 4. The molecular formula is C22H24FNO5. The molecule has 0 radical (unpaired) electrons. The summed E-state index contributed by atoms with van der Waals surface area (Å²) in [5.74, 6) is -1.55. The average Bonchev–Trinajstić information content (AvgIpc) is 2.70. The van der Waals surface area contributed by atoms with E-state index in [2.05, 4.69) is 0 Å². The van der Waals surface area contributed by atoms with Crippen molar-refractivity contribution in [2.45, 2.75) is 25.9 Å². The largest absolute Gasteiger partial charge is 0.496 e. The van der Waals surface area contributed by atoms with Crippen molar-refractivity contribution in [2.24, 2.45) is 5.41 Å². The average molecular weight is 401 g/mol. The monoisotopic (exact) mass is 401 g/mol. The van der Waals surface area contributed by atoms with Crippen LogP contribution in [0, 0.1) is 18.2 Å². The fourth-order valence-corrected chi connectivity index (χ4v) is 3.82. The highest BCUT2D eigenvalue weighted by Crippen LogP contribution is 2.36. The van der Waals surface area contributed by atoms with Gasteiger partial charge in [0.05, 0.1) is 18.8 Å². The van der Waals surface area contributed by atoms with Crippen LogP contribution in [-0.2, 0) is 11.2 Å². The Bertz CT molecular complexity index is 914. The molecule has 1 heterocycles. The van der Waals surface area contributed by atoms with Crippen molar-refractivity contribution in [1.82, 2.24) is 4.90 Å². The lowest BCUT2D eigenvalue weighted by molar-refractivity contribution is -0.161. The zero-order valence-corrected chi connectivity index (χ0v) is 16.4. The molecule has 2 atom stereocenters. The van der Waals surface area contributed by atoms with Gasteiger partial charge in [-0.05, 0) is 55.2 Å². The number of halogens is 1. The minimum Gasteiger partial charge on any atom is -0.496 e. The fraction of sp³-hybridized carbons (Fsp3) is 0.364. The van der Waals surface area contributed by atoms with Crippen molar-refractivity contribution in [3.05, 3.63) is 65.0 Å². The molecule has 6 nitrogen and oxygen atoms in total. The molecule has 1 saturated heterocycles. The van der Waals surface area contributed by atoms with Crippen LogP contribution in [0.25, 0.3) is 0 Å². The van der Waals surface area contributed by atoms with Crippen LogP contribution in [0.4, 0.5) is 4.39 Å². The maximum Gasteiger partial charge on any atom is 0.314 e. The van der Waals surface area contributed by atoms with E-state index in [9.17, 15) is 24.2 Å². The first kappa shape index (κ1) is 20.8. The van der Waals surface area contributed by atoms with Crippen LogP contribution in [0.1, 0.15) is 27.9 Å². The number of aliphatic hydroxyl groups is 1. The molecule has 0 aliphatic carbocycles. The van der Waals surface area contributed by atoms with E-state index in [1.165, 1.54) is 36.3 Å². The zero-order chi connectivity index (χ0) is 21.2. The number of carboxylic acid groups (broad SMARTS) is 1. The number of carbonyl (C=O) groups is 2. The third-order valence-electron chi connectivity index (χ3n) is 5.52. The predicted octanol–water partition coefficient (Wildman–Crippen LogP) is 2.66. The molecule has 0 spiro atoms. The van der Waals surface area contributed by atoms with E-state index in [0.717, 1.165) is 5.56 Å². The number of piperidine rings is 1. The summed E-state index contributed by atoms with van der Waals surface area (Å²) in [6, 6.07) is 10.7. The van der Waals surface area contributed by atoms with E-state index in [1.54, 1.807) is 18.2 Å². The van der Waals surface area contributed by atoms with Gasteiger partial charge in [0.25, 0.3) is 5.91 Å². The third kappa shape index (κ3) is 4.10. The summed E-state index contributed by atoms with van der Waals surface area (Å²) in [6.45, 7) is 1.96. The number of ether oxygens (including phenoxy) is 1. The van der Waals surface area contributed by atoms with Crippen LogP contribution < -0.4 is 4.74 Å². The normalized spacial score (nSPS) is 21.7. The van der Waals surface area contributed by atoms with Crippen LogP contribution >= 0.6 is 0 Å². The SMILES string of the molecule is COc1cc(C)ccc1C(=O)N1CC[C@H](O)[C@](Cc2ccc(F)cc2)(C(=O)O)C1. The number of carboxylic acids is 1. The number of hydrogen-bond donors (Lipinski definition) is 2. The summed E-state index contributed by atoms with van der Waals surface area (Å²) in [6.07, 6.45) is -1.01. The van der Waals surface area contributed by atoms with Crippen LogP contribution in [0.2, 0.25) is 0 Å². The smallest absolute Gasteiger partial charge is 0.314 e. The highest BCUT2D eigenvalue weighted by atomic mass is 19.1. The Morgan fingerprint density at radius 1 is 1.24 bits per heavy atom. The first-order valence-corrected chi connectivity index (χ1v) is 9.36. The second-order valence-corrected chi connectivity index (χ2v) is 7.50. The van der Waals surface area contributed by atoms with Crippen molar-refractivity contribution >= 4 is 11.9 Å². The highest BCUT2D eigenvalue weighted by Gasteiger charge is 2.50. The standard InChI is InChI=1S/C22H24FNO5/c1-14-3-8-17(18(11-14)29-2)20(26)24-10-9-19(25)22(13-24,21(27)28)12-15-4-6-16(23)7-5-15/h3-8,11,19,25H,9-10,12-13H2,1-2H3,(H,27,28)/t19-,22+/m0/s1. The molecule has 1 aliphatic heterocycles. The molecule has 7 heteroatoms. The summed E-state index contributed by atoms with van der Waals surface area (Å²) in [4.78, 5) is 26.8. The van der Waals surface area contributed by atoms with E-state index in [4.69, 9.17) is 4.74 Å². The van der Waals surface area contributed by atoms with Gasteiger partial charge in [-0.3, -0.25) is 9.59 Å². The van der Waals surface area contributed by atoms with Crippen molar-refractivity contribution in [3.63, 3.8) is 0 Å². The van der Waals surface area contributed by atoms with Gasteiger partial charge in [0, 0.05) is 13.1 Å². The number of likely N-dealkylation sites (tertiary alicyclic amines) is 1. The van der Waals surface area contributed by atoms with E-state index in [-0.39, 0.29) is 31.8 Å². The summed E-state index contributed by atoms with van der Waals surface area (Å²) in [5.41, 5.74) is 0.276. The lowest BCUT2D eigenvalue weighted by Crippen LogP contribution is -2.58. The van der Waals surface area contributed by atoms with Crippen LogP contribution in [0.5, 0.6) is 5.75 Å².